The van der Waals surface area contributed by atoms with Crippen molar-refractivity contribution in [1.29, 1.82) is 0 Å². The van der Waals surface area contributed by atoms with E-state index in [1.807, 2.05) is 0 Å². The predicted molar refractivity (Wildman–Crippen MR) is 74.0 cm³/mol. The molecule has 2 nitrogen and oxygen atoms in total. The minimum atomic E-state index is 0.298. The molecule has 2 heterocycles. The number of rotatable bonds is 3. The van der Waals surface area contributed by atoms with E-state index in [0.717, 1.165) is 19.1 Å². The van der Waals surface area contributed by atoms with E-state index in [-0.39, 0.29) is 0 Å². The van der Waals surface area contributed by atoms with Gasteiger partial charge in [0, 0.05) is 5.41 Å². The van der Waals surface area contributed by atoms with Crippen LogP contribution in [0.5, 0.6) is 0 Å². The summed E-state index contributed by atoms with van der Waals surface area (Å²) in [5.41, 5.74) is 4.62. The molecular weight excluding hydrogens is 222 g/mol. The molecule has 1 aromatic carbocycles. The van der Waals surface area contributed by atoms with Gasteiger partial charge >= 0.3 is 0 Å². The van der Waals surface area contributed by atoms with Crippen molar-refractivity contribution in [3.8, 4) is 0 Å². The number of hydrogen-bond acceptors (Lipinski definition) is 2. The molecule has 2 heteroatoms. The summed E-state index contributed by atoms with van der Waals surface area (Å²) in [4.78, 5) is 0. The maximum atomic E-state index is 5.58. The van der Waals surface area contributed by atoms with Crippen molar-refractivity contribution in [3.05, 3.63) is 34.9 Å². The molecule has 98 valence electrons. The van der Waals surface area contributed by atoms with Crippen molar-refractivity contribution in [1.82, 2.24) is 5.32 Å². The topological polar surface area (TPSA) is 21.3 Å². The van der Waals surface area contributed by atoms with Crippen molar-refractivity contribution < 1.29 is 4.74 Å². The molecule has 0 aliphatic carbocycles. The van der Waals surface area contributed by atoms with Gasteiger partial charge in [0.05, 0.1) is 13.2 Å². The Hall–Kier alpha value is -0.860. The van der Waals surface area contributed by atoms with Gasteiger partial charge in [-0.1, -0.05) is 23.8 Å². The molecule has 2 fully saturated rings. The third-order valence-corrected chi connectivity index (χ3v) is 4.56. The van der Waals surface area contributed by atoms with E-state index < -0.39 is 0 Å². The van der Waals surface area contributed by atoms with Crippen LogP contribution in [0.25, 0.3) is 0 Å². The van der Waals surface area contributed by atoms with Crippen LogP contribution in [-0.2, 0) is 10.2 Å². The molecule has 2 saturated heterocycles. The summed E-state index contributed by atoms with van der Waals surface area (Å²) in [5.74, 6) is 0.828. The van der Waals surface area contributed by atoms with Gasteiger partial charge in [0.1, 0.15) is 0 Å². The second-order valence-electron chi connectivity index (χ2n) is 6.15. The second-order valence-corrected chi connectivity index (χ2v) is 6.15. The van der Waals surface area contributed by atoms with E-state index in [1.54, 1.807) is 0 Å². The Kier molecular flexibility index (Phi) is 3.16. The molecule has 1 N–H and O–H groups in total. The predicted octanol–water partition coefficient (Wildman–Crippen LogP) is 2.57. The highest BCUT2D eigenvalue weighted by Gasteiger charge is 2.43. The Morgan fingerprint density at radius 3 is 2.78 bits per heavy atom. The van der Waals surface area contributed by atoms with Gasteiger partial charge in [-0.15, -0.1) is 0 Å². The molecule has 3 rings (SSSR count). The molecule has 1 aromatic rings. The van der Waals surface area contributed by atoms with Gasteiger partial charge in [-0.05, 0) is 56.8 Å². The van der Waals surface area contributed by atoms with E-state index >= 15 is 0 Å². The molecule has 2 aliphatic rings. The van der Waals surface area contributed by atoms with Crippen LogP contribution in [0.1, 0.15) is 29.5 Å². The maximum Gasteiger partial charge on any atom is 0.0585 e. The fourth-order valence-corrected chi connectivity index (χ4v) is 3.48. The highest BCUT2D eigenvalue weighted by Crippen LogP contribution is 2.41. The molecule has 1 unspecified atom stereocenters. The molecule has 0 aromatic heterocycles. The standard InChI is InChI=1S/C16H23NO/c1-12-3-4-13(2)15(7-12)16(10-18-11-16)8-14-5-6-17-9-14/h3-4,7,14,17H,5-6,8-11H2,1-2H3. The lowest BCUT2D eigenvalue weighted by molar-refractivity contribution is -0.0708. The second kappa shape index (κ2) is 4.67. The first-order valence-electron chi connectivity index (χ1n) is 7.06. The molecule has 2 aliphatic heterocycles. The summed E-state index contributed by atoms with van der Waals surface area (Å²) in [6, 6.07) is 6.85. The maximum absolute atomic E-state index is 5.58. The van der Waals surface area contributed by atoms with Crippen LogP contribution < -0.4 is 5.32 Å². The average Bonchev–Trinajstić information content (AvgIpc) is 2.80. The number of benzene rings is 1. The minimum Gasteiger partial charge on any atom is -0.379 e. The molecule has 0 amide bonds. The first-order valence-corrected chi connectivity index (χ1v) is 7.06. The van der Waals surface area contributed by atoms with E-state index in [1.165, 1.54) is 42.6 Å². The summed E-state index contributed by atoms with van der Waals surface area (Å²) in [5, 5.41) is 3.48. The summed E-state index contributed by atoms with van der Waals surface area (Å²) < 4.78 is 5.58. The largest absolute Gasteiger partial charge is 0.379 e. The number of hydrogen-bond donors (Lipinski definition) is 1. The van der Waals surface area contributed by atoms with E-state index in [4.69, 9.17) is 4.74 Å². The zero-order chi connectivity index (χ0) is 12.6. The summed E-state index contributed by atoms with van der Waals surface area (Å²) >= 11 is 0. The van der Waals surface area contributed by atoms with Crippen LogP contribution in [0.15, 0.2) is 18.2 Å². The van der Waals surface area contributed by atoms with E-state index in [2.05, 4.69) is 37.4 Å². The zero-order valence-corrected chi connectivity index (χ0v) is 11.5. The number of ether oxygens (including phenoxy) is 1. The number of nitrogens with one attached hydrogen (secondary N) is 1. The highest BCUT2D eigenvalue weighted by molar-refractivity contribution is 5.38. The Bertz CT molecular complexity index is 431. The van der Waals surface area contributed by atoms with Gasteiger partial charge in [0.25, 0.3) is 0 Å². The van der Waals surface area contributed by atoms with Crippen molar-refractivity contribution in [2.45, 2.75) is 32.1 Å². The summed E-state index contributed by atoms with van der Waals surface area (Å²) in [6.45, 7) is 8.62. The van der Waals surface area contributed by atoms with Crippen molar-refractivity contribution in [2.24, 2.45) is 5.92 Å². The molecule has 0 spiro atoms. The van der Waals surface area contributed by atoms with Gasteiger partial charge in [-0.25, -0.2) is 0 Å². The van der Waals surface area contributed by atoms with E-state index in [9.17, 15) is 0 Å². The molecule has 0 radical (unpaired) electrons. The van der Waals surface area contributed by atoms with Crippen molar-refractivity contribution in [2.75, 3.05) is 26.3 Å². The Morgan fingerprint density at radius 1 is 1.33 bits per heavy atom. The van der Waals surface area contributed by atoms with Gasteiger partial charge in [-0.2, -0.15) is 0 Å². The van der Waals surface area contributed by atoms with E-state index in [0.29, 0.717) is 5.41 Å². The van der Waals surface area contributed by atoms with Crippen LogP contribution in [0.4, 0.5) is 0 Å². The fraction of sp³-hybridized carbons (Fsp3) is 0.625. The normalized spacial score (nSPS) is 26.0. The van der Waals surface area contributed by atoms with Crippen LogP contribution in [0.2, 0.25) is 0 Å². The Balaban J connectivity index is 1.87. The van der Waals surface area contributed by atoms with Crippen LogP contribution in [0, 0.1) is 19.8 Å². The van der Waals surface area contributed by atoms with Gasteiger partial charge in [0.2, 0.25) is 0 Å². The third-order valence-electron chi connectivity index (χ3n) is 4.56. The van der Waals surface area contributed by atoms with Gasteiger partial charge < -0.3 is 10.1 Å². The first-order chi connectivity index (χ1) is 8.70. The SMILES string of the molecule is Cc1ccc(C)c(C2(CC3CCNC3)COC2)c1. The lowest BCUT2D eigenvalue weighted by Gasteiger charge is -2.44. The Morgan fingerprint density at radius 2 is 2.17 bits per heavy atom. The summed E-state index contributed by atoms with van der Waals surface area (Å²) in [6.07, 6.45) is 2.61. The lowest BCUT2D eigenvalue weighted by Crippen LogP contribution is -2.48. The quantitative estimate of drug-likeness (QED) is 0.883. The molecule has 0 saturated carbocycles. The van der Waals surface area contributed by atoms with Gasteiger partial charge in [-0.3, -0.25) is 0 Å². The van der Waals surface area contributed by atoms with Crippen LogP contribution >= 0.6 is 0 Å². The van der Waals surface area contributed by atoms with Crippen LogP contribution in [-0.4, -0.2) is 26.3 Å². The van der Waals surface area contributed by atoms with Crippen LogP contribution in [0.3, 0.4) is 0 Å². The molecule has 0 bridgehead atoms. The minimum absolute atomic E-state index is 0.298. The van der Waals surface area contributed by atoms with Crippen molar-refractivity contribution in [3.63, 3.8) is 0 Å². The zero-order valence-electron chi connectivity index (χ0n) is 11.5. The molecule has 18 heavy (non-hydrogen) atoms. The van der Waals surface area contributed by atoms with Gasteiger partial charge in [0.15, 0.2) is 0 Å². The monoisotopic (exact) mass is 245 g/mol. The molecular formula is C16H23NO. The molecule has 1 atom stereocenters. The highest BCUT2D eigenvalue weighted by atomic mass is 16.5. The first kappa shape index (κ1) is 12.2. The smallest absolute Gasteiger partial charge is 0.0585 e. The average molecular weight is 245 g/mol. The van der Waals surface area contributed by atoms with Crippen molar-refractivity contribution >= 4 is 0 Å². The third kappa shape index (κ3) is 2.08. The number of aryl methyl sites for hydroxylation is 2. The summed E-state index contributed by atoms with van der Waals surface area (Å²) in [7, 11) is 0. The lowest BCUT2D eigenvalue weighted by atomic mass is 9.70. The Labute approximate surface area is 110 Å². The fourth-order valence-electron chi connectivity index (χ4n) is 3.48.